The summed E-state index contributed by atoms with van der Waals surface area (Å²) in [6.07, 6.45) is 4.34. The van der Waals surface area contributed by atoms with Crippen molar-refractivity contribution in [2.45, 2.75) is 58.9 Å². The second-order valence-electron chi connectivity index (χ2n) is 5.79. The van der Waals surface area contributed by atoms with Gasteiger partial charge in [0.1, 0.15) is 6.04 Å². The average Bonchev–Trinajstić information content (AvgIpc) is 2.60. The Balaban J connectivity index is 2.62. The smallest absolute Gasteiger partial charge is 0.240 e. The number of primary amides is 1. The average molecular weight is 254 g/mol. The second-order valence-corrected chi connectivity index (χ2v) is 5.79. The zero-order chi connectivity index (χ0) is 13.7. The Labute approximate surface area is 110 Å². The molecule has 1 rings (SSSR count). The number of amides is 2. The topological polar surface area (TPSA) is 63.4 Å². The van der Waals surface area contributed by atoms with E-state index in [4.69, 9.17) is 5.73 Å². The summed E-state index contributed by atoms with van der Waals surface area (Å²) < 4.78 is 0. The van der Waals surface area contributed by atoms with E-state index in [2.05, 4.69) is 20.8 Å². The van der Waals surface area contributed by atoms with Crippen LogP contribution in [0.2, 0.25) is 0 Å². The number of likely N-dealkylation sites (tertiary alicyclic amines) is 1. The van der Waals surface area contributed by atoms with Crippen molar-refractivity contribution in [2.24, 2.45) is 17.6 Å². The highest BCUT2D eigenvalue weighted by molar-refractivity contribution is 5.87. The van der Waals surface area contributed by atoms with Crippen LogP contribution >= 0.6 is 0 Å². The zero-order valence-electron chi connectivity index (χ0n) is 11.8. The molecule has 0 saturated carbocycles. The Morgan fingerprint density at radius 1 is 1.44 bits per heavy atom. The van der Waals surface area contributed by atoms with Crippen molar-refractivity contribution in [1.29, 1.82) is 0 Å². The maximum absolute atomic E-state index is 12.0. The Morgan fingerprint density at radius 3 is 2.61 bits per heavy atom. The van der Waals surface area contributed by atoms with Gasteiger partial charge in [0, 0.05) is 13.0 Å². The fourth-order valence-electron chi connectivity index (χ4n) is 2.65. The second kappa shape index (κ2) is 6.76. The minimum Gasteiger partial charge on any atom is -0.368 e. The molecule has 104 valence electrons. The highest BCUT2D eigenvalue weighted by Crippen LogP contribution is 2.26. The highest BCUT2D eigenvalue weighted by atomic mass is 16.2. The Bertz CT molecular complexity index is 302. The molecule has 0 aromatic carbocycles. The largest absolute Gasteiger partial charge is 0.368 e. The van der Waals surface area contributed by atoms with Crippen LogP contribution in [0.15, 0.2) is 0 Å². The Kier molecular flexibility index (Phi) is 5.63. The predicted octanol–water partition coefficient (Wildman–Crippen LogP) is 1.93. The van der Waals surface area contributed by atoms with Crippen LogP contribution in [0.5, 0.6) is 0 Å². The molecular weight excluding hydrogens is 228 g/mol. The van der Waals surface area contributed by atoms with E-state index < -0.39 is 6.04 Å². The van der Waals surface area contributed by atoms with Gasteiger partial charge in [-0.25, -0.2) is 0 Å². The molecule has 1 saturated heterocycles. The maximum atomic E-state index is 12.0. The molecular formula is C14H26N2O2. The van der Waals surface area contributed by atoms with Gasteiger partial charge in [-0.05, 0) is 31.1 Å². The Morgan fingerprint density at radius 2 is 2.11 bits per heavy atom. The van der Waals surface area contributed by atoms with Crippen molar-refractivity contribution < 1.29 is 9.59 Å². The normalized spacial score (nSPS) is 21.7. The van der Waals surface area contributed by atoms with E-state index in [-0.39, 0.29) is 11.8 Å². The van der Waals surface area contributed by atoms with E-state index in [0.717, 1.165) is 19.3 Å². The van der Waals surface area contributed by atoms with Gasteiger partial charge in [-0.2, -0.15) is 0 Å². The summed E-state index contributed by atoms with van der Waals surface area (Å²) in [6, 6.07) is -0.401. The number of hydrogen-bond donors (Lipinski definition) is 1. The molecule has 4 heteroatoms. The third kappa shape index (κ3) is 4.00. The van der Waals surface area contributed by atoms with Crippen molar-refractivity contribution in [1.82, 2.24) is 4.90 Å². The molecule has 4 nitrogen and oxygen atoms in total. The van der Waals surface area contributed by atoms with Crippen LogP contribution in [0.1, 0.15) is 52.9 Å². The molecule has 1 aliphatic heterocycles. The quantitative estimate of drug-likeness (QED) is 0.754. The van der Waals surface area contributed by atoms with Crippen molar-refractivity contribution in [3.8, 4) is 0 Å². The predicted molar refractivity (Wildman–Crippen MR) is 71.8 cm³/mol. The summed E-state index contributed by atoms with van der Waals surface area (Å²) >= 11 is 0. The summed E-state index contributed by atoms with van der Waals surface area (Å²) in [5, 5.41) is 0. The molecule has 1 fully saturated rings. The van der Waals surface area contributed by atoms with Gasteiger partial charge < -0.3 is 10.6 Å². The lowest BCUT2D eigenvalue weighted by atomic mass is 10.0. The van der Waals surface area contributed by atoms with Gasteiger partial charge >= 0.3 is 0 Å². The Hall–Kier alpha value is -1.06. The minimum absolute atomic E-state index is 0.0982. The van der Waals surface area contributed by atoms with Crippen LogP contribution in [0.4, 0.5) is 0 Å². The molecule has 18 heavy (non-hydrogen) atoms. The SMILES string of the molecule is CCCC1CC(=O)N(C(CCC(C)C)C(N)=O)C1. The van der Waals surface area contributed by atoms with E-state index in [9.17, 15) is 9.59 Å². The van der Waals surface area contributed by atoms with Crippen LogP contribution in [0.3, 0.4) is 0 Å². The van der Waals surface area contributed by atoms with Crippen molar-refractivity contribution in [3.63, 3.8) is 0 Å². The summed E-state index contributed by atoms with van der Waals surface area (Å²) in [4.78, 5) is 25.2. The van der Waals surface area contributed by atoms with E-state index in [1.165, 1.54) is 0 Å². The summed E-state index contributed by atoms with van der Waals surface area (Å²) in [6.45, 7) is 7.06. The first-order chi connectivity index (χ1) is 8.45. The molecule has 0 spiro atoms. The first kappa shape index (κ1) is 15.0. The van der Waals surface area contributed by atoms with Crippen molar-refractivity contribution in [2.75, 3.05) is 6.54 Å². The van der Waals surface area contributed by atoms with Crippen LogP contribution in [0, 0.1) is 11.8 Å². The standard InChI is InChI=1S/C14H26N2O2/c1-4-5-11-8-13(17)16(9-11)12(14(15)18)7-6-10(2)3/h10-12H,4-9H2,1-3H3,(H2,15,18). The highest BCUT2D eigenvalue weighted by Gasteiger charge is 2.35. The van der Waals surface area contributed by atoms with Crippen molar-refractivity contribution in [3.05, 3.63) is 0 Å². The molecule has 1 heterocycles. The van der Waals surface area contributed by atoms with Gasteiger partial charge in [-0.3, -0.25) is 9.59 Å². The molecule has 0 aliphatic carbocycles. The lowest BCUT2D eigenvalue weighted by molar-refractivity contribution is -0.136. The van der Waals surface area contributed by atoms with Gasteiger partial charge in [-0.1, -0.05) is 27.2 Å². The molecule has 2 atom stereocenters. The monoisotopic (exact) mass is 254 g/mol. The fraction of sp³-hybridized carbons (Fsp3) is 0.857. The number of rotatable bonds is 7. The zero-order valence-corrected chi connectivity index (χ0v) is 11.8. The summed E-state index contributed by atoms with van der Waals surface area (Å²) in [5.41, 5.74) is 5.45. The first-order valence-corrected chi connectivity index (χ1v) is 7.04. The summed E-state index contributed by atoms with van der Waals surface area (Å²) in [7, 11) is 0. The van der Waals surface area contributed by atoms with Crippen LogP contribution in [0.25, 0.3) is 0 Å². The number of carbonyl (C=O) groups is 2. The number of carbonyl (C=O) groups excluding carboxylic acids is 2. The third-order valence-electron chi connectivity index (χ3n) is 3.66. The van der Waals surface area contributed by atoms with Gasteiger partial charge in [0.25, 0.3) is 0 Å². The van der Waals surface area contributed by atoms with Gasteiger partial charge in [0.15, 0.2) is 0 Å². The van der Waals surface area contributed by atoms with Crippen molar-refractivity contribution >= 4 is 11.8 Å². The van der Waals surface area contributed by atoms with Gasteiger partial charge in [-0.15, -0.1) is 0 Å². The molecule has 2 amide bonds. The van der Waals surface area contributed by atoms with E-state index in [1.54, 1.807) is 4.90 Å². The van der Waals surface area contributed by atoms with Gasteiger partial charge in [0.2, 0.25) is 11.8 Å². The maximum Gasteiger partial charge on any atom is 0.240 e. The lowest BCUT2D eigenvalue weighted by Crippen LogP contribution is -2.45. The number of nitrogens with two attached hydrogens (primary N) is 1. The summed E-state index contributed by atoms with van der Waals surface area (Å²) in [5.74, 6) is 0.668. The van der Waals surface area contributed by atoms with E-state index in [0.29, 0.717) is 31.2 Å². The lowest BCUT2D eigenvalue weighted by Gasteiger charge is -2.26. The van der Waals surface area contributed by atoms with Crippen LogP contribution in [-0.2, 0) is 9.59 Å². The van der Waals surface area contributed by atoms with E-state index in [1.807, 2.05) is 0 Å². The molecule has 2 N–H and O–H groups in total. The fourth-order valence-corrected chi connectivity index (χ4v) is 2.65. The molecule has 1 aliphatic rings. The molecule has 0 radical (unpaired) electrons. The molecule has 0 aromatic rings. The number of nitrogens with zero attached hydrogens (tertiary/aromatic N) is 1. The van der Waals surface area contributed by atoms with Gasteiger partial charge in [0.05, 0.1) is 0 Å². The van der Waals surface area contributed by atoms with E-state index >= 15 is 0 Å². The van der Waals surface area contributed by atoms with Crippen LogP contribution < -0.4 is 5.73 Å². The first-order valence-electron chi connectivity index (χ1n) is 7.04. The number of hydrogen-bond acceptors (Lipinski definition) is 2. The molecule has 2 unspecified atom stereocenters. The third-order valence-corrected chi connectivity index (χ3v) is 3.66. The van der Waals surface area contributed by atoms with Crippen LogP contribution in [-0.4, -0.2) is 29.3 Å². The molecule has 0 aromatic heterocycles. The minimum atomic E-state index is -0.401. The molecule has 0 bridgehead atoms.